The Morgan fingerprint density at radius 1 is 1.12 bits per heavy atom. The minimum Gasteiger partial charge on any atom is -0.314 e. The van der Waals surface area contributed by atoms with Gasteiger partial charge in [0.25, 0.3) is 0 Å². The molecule has 1 nitrogen and oxygen atoms in total. The van der Waals surface area contributed by atoms with Crippen LogP contribution in [0.25, 0.3) is 0 Å². The van der Waals surface area contributed by atoms with E-state index in [1.165, 1.54) is 24.8 Å². The summed E-state index contributed by atoms with van der Waals surface area (Å²) in [6.45, 7) is 7.89. The van der Waals surface area contributed by atoms with Crippen molar-refractivity contribution in [3.63, 3.8) is 0 Å². The van der Waals surface area contributed by atoms with Gasteiger partial charge in [0.1, 0.15) is 0 Å². The molecular weight excluding hydrogens is 194 g/mol. The molecule has 0 fully saturated rings. The van der Waals surface area contributed by atoms with E-state index < -0.39 is 0 Å². The minimum absolute atomic E-state index is 0.662. The van der Waals surface area contributed by atoms with E-state index in [1.54, 1.807) is 0 Å². The zero-order chi connectivity index (χ0) is 11.8. The molecule has 1 rings (SSSR count). The zero-order valence-electron chi connectivity index (χ0n) is 10.9. The van der Waals surface area contributed by atoms with Gasteiger partial charge in [0, 0.05) is 6.04 Å². The summed E-state index contributed by atoms with van der Waals surface area (Å²) in [6.07, 6.45) is 3.68. The van der Waals surface area contributed by atoms with E-state index >= 15 is 0 Å². The Balaban J connectivity index is 2.43. The molecule has 0 amide bonds. The largest absolute Gasteiger partial charge is 0.314 e. The van der Waals surface area contributed by atoms with E-state index in [2.05, 4.69) is 56.4 Å². The summed E-state index contributed by atoms with van der Waals surface area (Å²) in [6, 6.07) is 11.4. The van der Waals surface area contributed by atoms with Crippen molar-refractivity contribution in [3.05, 3.63) is 35.9 Å². The van der Waals surface area contributed by atoms with Gasteiger partial charge >= 0.3 is 0 Å². The molecule has 1 heteroatoms. The molecular formula is C15H25N. The number of aryl methyl sites for hydroxylation is 1. The van der Waals surface area contributed by atoms with E-state index in [1.807, 2.05) is 0 Å². The highest BCUT2D eigenvalue weighted by Crippen LogP contribution is 2.14. The monoisotopic (exact) mass is 219 g/mol. The summed E-state index contributed by atoms with van der Waals surface area (Å²) < 4.78 is 0. The molecule has 0 aliphatic carbocycles. The maximum atomic E-state index is 3.60. The fraction of sp³-hybridized carbons (Fsp3) is 0.600. The number of benzene rings is 1. The highest BCUT2D eigenvalue weighted by molar-refractivity contribution is 5.14. The first-order valence-corrected chi connectivity index (χ1v) is 6.55. The Bertz CT molecular complexity index is 268. The van der Waals surface area contributed by atoms with Gasteiger partial charge in [-0.2, -0.15) is 0 Å². The van der Waals surface area contributed by atoms with Crippen LogP contribution in [0, 0.1) is 5.92 Å². The Morgan fingerprint density at radius 2 is 1.81 bits per heavy atom. The molecule has 2 unspecified atom stereocenters. The van der Waals surface area contributed by atoms with E-state index in [0.717, 1.165) is 12.5 Å². The summed E-state index contributed by atoms with van der Waals surface area (Å²) >= 11 is 0. The Labute approximate surface area is 100 Å². The molecule has 0 aromatic heterocycles. The van der Waals surface area contributed by atoms with Crippen molar-refractivity contribution in [3.8, 4) is 0 Å². The standard InChI is InChI=1S/C15H25N/c1-4-13(3)15(16-5-2)12-11-14-9-7-6-8-10-14/h6-10,13,15-16H,4-5,11-12H2,1-3H3. The molecule has 0 aliphatic rings. The molecule has 0 aliphatic heterocycles. The third-order valence-corrected chi connectivity index (χ3v) is 3.38. The molecule has 2 atom stereocenters. The van der Waals surface area contributed by atoms with E-state index in [4.69, 9.17) is 0 Å². The van der Waals surface area contributed by atoms with Gasteiger partial charge in [0.2, 0.25) is 0 Å². The second-order valence-electron chi connectivity index (χ2n) is 4.57. The van der Waals surface area contributed by atoms with Gasteiger partial charge in [-0.1, -0.05) is 57.5 Å². The van der Waals surface area contributed by atoms with Crippen LogP contribution >= 0.6 is 0 Å². The normalized spacial score (nSPS) is 14.7. The van der Waals surface area contributed by atoms with Gasteiger partial charge in [0.05, 0.1) is 0 Å². The summed E-state index contributed by atoms with van der Waals surface area (Å²) in [4.78, 5) is 0. The molecule has 0 bridgehead atoms. The number of hydrogen-bond acceptors (Lipinski definition) is 1. The second kappa shape index (κ2) is 7.45. The minimum atomic E-state index is 0.662. The van der Waals surface area contributed by atoms with Crippen molar-refractivity contribution in [1.29, 1.82) is 0 Å². The lowest BCUT2D eigenvalue weighted by atomic mass is 9.93. The van der Waals surface area contributed by atoms with Crippen molar-refractivity contribution in [2.75, 3.05) is 6.54 Å². The van der Waals surface area contributed by atoms with Crippen LogP contribution in [0.3, 0.4) is 0 Å². The zero-order valence-corrected chi connectivity index (χ0v) is 10.9. The van der Waals surface area contributed by atoms with Crippen molar-refractivity contribution in [2.45, 2.75) is 46.1 Å². The number of hydrogen-bond donors (Lipinski definition) is 1. The Hall–Kier alpha value is -0.820. The molecule has 16 heavy (non-hydrogen) atoms. The topological polar surface area (TPSA) is 12.0 Å². The van der Waals surface area contributed by atoms with E-state index in [-0.39, 0.29) is 0 Å². The molecule has 0 saturated heterocycles. The summed E-state index contributed by atoms with van der Waals surface area (Å²) in [5, 5.41) is 3.60. The van der Waals surface area contributed by atoms with Crippen molar-refractivity contribution < 1.29 is 0 Å². The molecule has 0 saturated carbocycles. The third kappa shape index (κ3) is 4.36. The smallest absolute Gasteiger partial charge is 0.00956 e. The fourth-order valence-corrected chi connectivity index (χ4v) is 2.10. The van der Waals surface area contributed by atoms with Gasteiger partial charge in [-0.15, -0.1) is 0 Å². The summed E-state index contributed by atoms with van der Waals surface area (Å²) in [7, 11) is 0. The first kappa shape index (κ1) is 13.2. The van der Waals surface area contributed by atoms with Gasteiger partial charge in [0.15, 0.2) is 0 Å². The predicted molar refractivity (Wildman–Crippen MR) is 71.7 cm³/mol. The maximum absolute atomic E-state index is 3.60. The summed E-state index contributed by atoms with van der Waals surface area (Å²) in [5.74, 6) is 0.767. The van der Waals surface area contributed by atoms with Gasteiger partial charge < -0.3 is 5.32 Å². The lowest BCUT2D eigenvalue weighted by Crippen LogP contribution is -2.35. The second-order valence-corrected chi connectivity index (χ2v) is 4.57. The van der Waals surface area contributed by atoms with Crippen molar-refractivity contribution >= 4 is 0 Å². The van der Waals surface area contributed by atoms with Crippen LogP contribution in [0.15, 0.2) is 30.3 Å². The quantitative estimate of drug-likeness (QED) is 0.738. The average molecular weight is 219 g/mol. The molecule has 1 aromatic carbocycles. The third-order valence-electron chi connectivity index (χ3n) is 3.38. The average Bonchev–Trinajstić information content (AvgIpc) is 2.34. The first-order chi connectivity index (χ1) is 7.77. The van der Waals surface area contributed by atoms with Crippen LogP contribution in [0.5, 0.6) is 0 Å². The summed E-state index contributed by atoms with van der Waals surface area (Å²) in [5.41, 5.74) is 1.45. The van der Waals surface area contributed by atoms with Crippen LogP contribution in [0.4, 0.5) is 0 Å². The lowest BCUT2D eigenvalue weighted by Gasteiger charge is -2.23. The molecule has 1 N–H and O–H groups in total. The predicted octanol–water partition coefficient (Wildman–Crippen LogP) is 3.64. The van der Waals surface area contributed by atoms with Gasteiger partial charge in [-0.05, 0) is 30.9 Å². The van der Waals surface area contributed by atoms with Crippen LogP contribution < -0.4 is 5.32 Å². The molecule has 0 spiro atoms. The van der Waals surface area contributed by atoms with E-state index in [9.17, 15) is 0 Å². The van der Waals surface area contributed by atoms with Crippen molar-refractivity contribution in [1.82, 2.24) is 5.32 Å². The van der Waals surface area contributed by atoms with Gasteiger partial charge in [-0.3, -0.25) is 0 Å². The van der Waals surface area contributed by atoms with Crippen molar-refractivity contribution in [2.24, 2.45) is 5.92 Å². The highest BCUT2D eigenvalue weighted by atomic mass is 14.9. The van der Waals surface area contributed by atoms with E-state index in [0.29, 0.717) is 6.04 Å². The Morgan fingerprint density at radius 3 is 2.38 bits per heavy atom. The maximum Gasteiger partial charge on any atom is 0.00956 e. The SMILES string of the molecule is CCNC(CCc1ccccc1)C(C)CC. The first-order valence-electron chi connectivity index (χ1n) is 6.55. The highest BCUT2D eigenvalue weighted by Gasteiger charge is 2.13. The van der Waals surface area contributed by atoms with Crippen LogP contribution in [-0.4, -0.2) is 12.6 Å². The Kier molecular flexibility index (Phi) is 6.17. The molecule has 90 valence electrons. The molecule has 0 heterocycles. The number of rotatable bonds is 7. The van der Waals surface area contributed by atoms with Crippen LogP contribution in [0.2, 0.25) is 0 Å². The van der Waals surface area contributed by atoms with Crippen LogP contribution in [-0.2, 0) is 6.42 Å². The number of nitrogens with one attached hydrogen (secondary N) is 1. The van der Waals surface area contributed by atoms with Gasteiger partial charge in [-0.25, -0.2) is 0 Å². The van der Waals surface area contributed by atoms with Crippen LogP contribution in [0.1, 0.15) is 39.2 Å². The molecule has 0 radical (unpaired) electrons. The molecule has 1 aromatic rings. The fourth-order valence-electron chi connectivity index (χ4n) is 2.10. The lowest BCUT2D eigenvalue weighted by molar-refractivity contribution is 0.354.